The minimum atomic E-state index is -4.79. The van der Waals surface area contributed by atoms with Gasteiger partial charge in [0.2, 0.25) is 0 Å². The molecule has 1 unspecified atom stereocenters. The normalized spacial score (nSPS) is 12.7. The maximum Gasteiger partial charge on any atom is 0.573 e. The average Bonchev–Trinajstić information content (AvgIpc) is 3.34. The fraction of sp³-hybridized carbons (Fsp3) is 0.200. The Morgan fingerprint density at radius 1 is 0.921 bits per heavy atom. The number of aromatic nitrogens is 4. The number of benzene rings is 2. The number of hydrogen-bond acceptors (Lipinski definition) is 6. The minimum absolute atomic E-state index is 0.0765. The summed E-state index contributed by atoms with van der Waals surface area (Å²) in [7, 11) is 0. The van der Waals surface area contributed by atoms with E-state index in [1.165, 1.54) is 36.1 Å². The lowest BCUT2D eigenvalue weighted by Gasteiger charge is -2.14. The number of carbonyl (C=O) groups is 1. The number of alkyl halides is 6. The maximum atomic E-state index is 12.7. The molecule has 0 aliphatic carbocycles. The van der Waals surface area contributed by atoms with E-state index in [2.05, 4.69) is 19.8 Å². The van der Waals surface area contributed by atoms with Crippen molar-refractivity contribution in [1.29, 1.82) is 0 Å². The van der Waals surface area contributed by atoms with Crippen molar-refractivity contribution in [3.8, 4) is 22.8 Å². The van der Waals surface area contributed by atoms with Crippen LogP contribution in [0.4, 0.5) is 26.3 Å². The summed E-state index contributed by atoms with van der Waals surface area (Å²) in [4.78, 5) is 19.9. The zero-order chi connectivity index (χ0) is 27.5. The van der Waals surface area contributed by atoms with Gasteiger partial charge >= 0.3 is 18.5 Å². The molecule has 0 aliphatic heterocycles. The van der Waals surface area contributed by atoms with E-state index < -0.39 is 30.3 Å². The molecule has 0 N–H and O–H groups in total. The van der Waals surface area contributed by atoms with Crippen LogP contribution in [0.1, 0.15) is 29.8 Å². The van der Waals surface area contributed by atoms with Crippen LogP contribution in [-0.4, -0.2) is 32.1 Å². The van der Waals surface area contributed by atoms with Gasteiger partial charge in [0.05, 0.1) is 12.1 Å². The predicted molar refractivity (Wildman–Crippen MR) is 121 cm³/mol. The summed E-state index contributed by atoms with van der Waals surface area (Å²) in [6.45, 7) is 1.53. The summed E-state index contributed by atoms with van der Waals surface area (Å²) in [6.07, 6.45) is -7.79. The molecule has 0 aliphatic rings. The van der Waals surface area contributed by atoms with Gasteiger partial charge in [-0.05, 0) is 42.8 Å². The molecule has 2 heterocycles. The highest BCUT2D eigenvalue weighted by molar-refractivity contribution is 5.73. The molecule has 0 bridgehead atoms. The monoisotopic (exact) mass is 536 g/mol. The Balaban J connectivity index is 1.35. The van der Waals surface area contributed by atoms with E-state index in [0.29, 0.717) is 28.2 Å². The Kier molecular flexibility index (Phi) is 7.37. The van der Waals surface area contributed by atoms with E-state index in [-0.39, 0.29) is 12.2 Å². The lowest BCUT2D eigenvalue weighted by atomic mass is 10.1. The van der Waals surface area contributed by atoms with Gasteiger partial charge in [-0.1, -0.05) is 30.3 Å². The molecule has 0 saturated carbocycles. The van der Waals surface area contributed by atoms with Crippen molar-refractivity contribution in [2.24, 2.45) is 0 Å². The number of rotatable bonds is 7. The summed E-state index contributed by atoms with van der Waals surface area (Å²) >= 11 is 0. The molecule has 2 aromatic heterocycles. The molecule has 0 spiro atoms. The number of nitrogens with zero attached hydrogens (tertiary/aromatic N) is 4. The highest BCUT2D eigenvalue weighted by Crippen LogP contribution is 2.29. The molecular formula is C25H18F6N4O3. The van der Waals surface area contributed by atoms with Gasteiger partial charge in [0.15, 0.2) is 5.82 Å². The first-order valence-corrected chi connectivity index (χ1v) is 11.0. The van der Waals surface area contributed by atoms with Gasteiger partial charge in [0.25, 0.3) is 0 Å². The summed E-state index contributed by atoms with van der Waals surface area (Å²) in [6, 6.07) is 13.9. The standard InChI is InChI=1S/C25H18F6N4O3/c1-15(18-6-11-21(32-13-18)24(26,27)28)37-22(36)12-16-2-4-17(5-3-16)23-33-14-35(34-23)19-7-9-20(10-8-19)38-25(29,30)31/h2-11,13-15H,12H2,1H3. The van der Waals surface area contributed by atoms with E-state index in [0.717, 1.165) is 24.4 Å². The Labute approximate surface area is 211 Å². The second-order valence-corrected chi connectivity index (χ2v) is 8.03. The van der Waals surface area contributed by atoms with E-state index in [9.17, 15) is 31.1 Å². The highest BCUT2D eigenvalue weighted by atomic mass is 19.4. The molecule has 0 amide bonds. The second-order valence-electron chi connectivity index (χ2n) is 8.03. The third kappa shape index (κ3) is 6.87. The zero-order valence-corrected chi connectivity index (χ0v) is 19.5. The summed E-state index contributed by atoms with van der Waals surface area (Å²) in [5.74, 6) is -0.593. The molecule has 0 radical (unpaired) electrons. The summed E-state index contributed by atoms with van der Waals surface area (Å²) in [5.41, 5.74) is 1.01. The van der Waals surface area contributed by atoms with Crippen LogP contribution >= 0.6 is 0 Å². The van der Waals surface area contributed by atoms with Crippen molar-refractivity contribution in [1.82, 2.24) is 19.7 Å². The van der Waals surface area contributed by atoms with E-state index >= 15 is 0 Å². The van der Waals surface area contributed by atoms with Crippen LogP contribution in [0.5, 0.6) is 5.75 Å². The Morgan fingerprint density at radius 2 is 1.61 bits per heavy atom. The van der Waals surface area contributed by atoms with Crippen molar-refractivity contribution in [3.63, 3.8) is 0 Å². The summed E-state index contributed by atoms with van der Waals surface area (Å²) < 4.78 is 85.5. The first kappa shape index (κ1) is 26.6. The SMILES string of the molecule is CC(OC(=O)Cc1ccc(-c2ncn(-c3ccc(OC(F)(F)F)cc3)n2)cc1)c1ccc(C(F)(F)F)nc1. The van der Waals surface area contributed by atoms with Crippen LogP contribution in [0.2, 0.25) is 0 Å². The first-order chi connectivity index (χ1) is 17.9. The average molecular weight is 536 g/mol. The minimum Gasteiger partial charge on any atom is -0.457 e. The Morgan fingerprint density at radius 3 is 2.18 bits per heavy atom. The van der Waals surface area contributed by atoms with Gasteiger partial charge in [0.1, 0.15) is 23.9 Å². The van der Waals surface area contributed by atoms with Gasteiger partial charge in [0, 0.05) is 17.3 Å². The van der Waals surface area contributed by atoms with Gasteiger partial charge in [-0.25, -0.2) is 9.67 Å². The number of halogens is 6. The van der Waals surface area contributed by atoms with Crippen molar-refractivity contribution >= 4 is 5.97 Å². The van der Waals surface area contributed by atoms with Gasteiger partial charge in [-0.2, -0.15) is 13.2 Å². The maximum absolute atomic E-state index is 12.7. The van der Waals surface area contributed by atoms with Gasteiger partial charge in [-0.3, -0.25) is 9.78 Å². The number of pyridine rings is 1. The highest BCUT2D eigenvalue weighted by Gasteiger charge is 2.32. The van der Waals surface area contributed by atoms with Crippen LogP contribution in [0, 0.1) is 0 Å². The Hall–Kier alpha value is -4.42. The van der Waals surface area contributed by atoms with Crippen LogP contribution < -0.4 is 4.74 Å². The number of hydrogen-bond donors (Lipinski definition) is 0. The molecule has 4 rings (SSSR count). The van der Waals surface area contributed by atoms with Crippen molar-refractivity contribution < 1.29 is 40.6 Å². The second kappa shape index (κ2) is 10.5. The molecule has 38 heavy (non-hydrogen) atoms. The molecule has 7 nitrogen and oxygen atoms in total. The van der Waals surface area contributed by atoms with Crippen LogP contribution in [0.3, 0.4) is 0 Å². The van der Waals surface area contributed by atoms with Crippen molar-refractivity contribution in [2.75, 3.05) is 0 Å². The quantitative estimate of drug-likeness (QED) is 0.210. The first-order valence-electron chi connectivity index (χ1n) is 11.0. The van der Waals surface area contributed by atoms with Crippen LogP contribution in [-0.2, 0) is 22.1 Å². The van der Waals surface area contributed by atoms with E-state index in [1.807, 2.05) is 0 Å². The van der Waals surface area contributed by atoms with Gasteiger partial charge < -0.3 is 9.47 Å². The lowest BCUT2D eigenvalue weighted by Crippen LogP contribution is -2.17. The third-order valence-electron chi connectivity index (χ3n) is 5.24. The van der Waals surface area contributed by atoms with Crippen LogP contribution in [0.15, 0.2) is 73.2 Å². The molecule has 1 atom stereocenters. The largest absolute Gasteiger partial charge is 0.573 e. The predicted octanol–water partition coefficient (Wildman–Crippen LogP) is 6.09. The third-order valence-corrected chi connectivity index (χ3v) is 5.24. The molecule has 4 aromatic rings. The summed E-state index contributed by atoms with van der Waals surface area (Å²) in [5, 5.41) is 4.31. The molecule has 198 valence electrons. The van der Waals surface area contributed by atoms with Crippen molar-refractivity contribution in [2.45, 2.75) is 32.0 Å². The van der Waals surface area contributed by atoms with E-state index in [1.54, 1.807) is 24.3 Å². The molecule has 0 saturated heterocycles. The Bertz CT molecular complexity index is 1380. The molecule has 0 fully saturated rings. The zero-order valence-electron chi connectivity index (χ0n) is 19.5. The van der Waals surface area contributed by atoms with Crippen molar-refractivity contribution in [3.05, 3.63) is 90.0 Å². The number of carbonyl (C=O) groups excluding carboxylic acids is 1. The van der Waals surface area contributed by atoms with Crippen LogP contribution in [0.25, 0.3) is 17.1 Å². The molecule has 13 heteroatoms. The number of esters is 1. The van der Waals surface area contributed by atoms with Gasteiger partial charge in [-0.15, -0.1) is 18.3 Å². The molecule has 2 aromatic carbocycles. The lowest BCUT2D eigenvalue weighted by molar-refractivity contribution is -0.274. The molecular weight excluding hydrogens is 518 g/mol. The topological polar surface area (TPSA) is 79.1 Å². The smallest absolute Gasteiger partial charge is 0.457 e. The fourth-order valence-electron chi connectivity index (χ4n) is 3.38. The number of ether oxygens (including phenoxy) is 2. The van der Waals surface area contributed by atoms with E-state index in [4.69, 9.17) is 4.74 Å². The fourth-order valence-corrected chi connectivity index (χ4v) is 3.38.